The van der Waals surface area contributed by atoms with Gasteiger partial charge in [0.25, 0.3) is 0 Å². The highest BCUT2D eigenvalue weighted by Crippen LogP contribution is 2.50. The molecule has 0 unspecified atom stereocenters. The van der Waals surface area contributed by atoms with Crippen molar-refractivity contribution in [2.24, 2.45) is 0 Å². The summed E-state index contributed by atoms with van der Waals surface area (Å²) in [7, 11) is 0. The Labute approximate surface area is 307 Å². The summed E-state index contributed by atoms with van der Waals surface area (Å²) >= 11 is 0. The van der Waals surface area contributed by atoms with Crippen LogP contribution < -0.4 is 0 Å². The van der Waals surface area contributed by atoms with Gasteiger partial charge < -0.3 is 9.13 Å². The highest BCUT2D eigenvalue weighted by atomic mass is 15.0. The molecule has 10 aromatic rings. The van der Waals surface area contributed by atoms with E-state index in [1.54, 1.807) is 0 Å². The fraction of sp³-hybridized carbons (Fsp3) is 0.0612. The summed E-state index contributed by atoms with van der Waals surface area (Å²) in [6.07, 6.45) is 2.18. The monoisotopic (exact) mass is 678 g/mol. The van der Waals surface area contributed by atoms with Gasteiger partial charge in [0.2, 0.25) is 0 Å². The molecule has 0 N–H and O–H groups in total. The Morgan fingerprint density at radius 2 is 1.26 bits per heavy atom. The molecular weight excluding hydrogens is 645 g/mol. The molecule has 1 aliphatic carbocycles. The summed E-state index contributed by atoms with van der Waals surface area (Å²) in [6.45, 7) is 4.66. The average Bonchev–Trinajstić information content (AvgIpc) is 3.86. The van der Waals surface area contributed by atoms with E-state index in [9.17, 15) is 0 Å². The van der Waals surface area contributed by atoms with E-state index in [0.29, 0.717) is 5.82 Å². The Kier molecular flexibility index (Phi) is 6.27. The molecule has 0 saturated heterocycles. The molecule has 0 atom stereocenters. The van der Waals surface area contributed by atoms with Crippen LogP contribution >= 0.6 is 0 Å². The quantitative estimate of drug-likeness (QED) is 0.186. The SMILES string of the molecule is CC1(C)c2ccccc2-c2ccc(-c3nc(-c4cccc(-n5c6ccccc6c6c7c(ccc65)ccn7-c5ccccc5)c4)nc4ccccc34)cc21. The second kappa shape index (κ2) is 11.1. The zero-order valence-electron chi connectivity index (χ0n) is 29.5. The van der Waals surface area contributed by atoms with Crippen LogP contribution in [0.3, 0.4) is 0 Å². The van der Waals surface area contributed by atoms with Crippen LogP contribution in [0.25, 0.3) is 88.8 Å². The first-order valence-corrected chi connectivity index (χ1v) is 18.3. The number of hydrogen-bond donors (Lipinski definition) is 0. The Balaban J connectivity index is 1.10. The summed E-state index contributed by atoms with van der Waals surface area (Å²) in [5.74, 6) is 0.713. The van der Waals surface area contributed by atoms with Crippen molar-refractivity contribution in [3.05, 3.63) is 181 Å². The van der Waals surface area contributed by atoms with E-state index in [0.717, 1.165) is 50.1 Å². The molecule has 7 aromatic carbocycles. The second-order valence-corrected chi connectivity index (χ2v) is 14.7. The first kappa shape index (κ1) is 29.9. The minimum absolute atomic E-state index is 0.0987. The Bertz CT molecular complexity index is 3090. The van der Waals surface area contributed by atoms with Crippen LogP contribution in [0.1, 0.15) is 25.0 Å². The minimum Gasteiger partial charge on any atom is -0.316 e. The van der Waals surface area contributed by atoms with E-state index in [1.165, 1.54) is 43.9 Å². The Hall–Kier alpha value is -6.78. The molecule has 0 bridgehead atoms. The molecule has 0 radical (unpaired) electrons. The van der Waals surface area contributed by atoms with Gasteiger partial charge in [0.15, 0.2) is 5.82 Å². The molecule has 53 heavy (non-hydrogen) atoms. The van der Waals surface area contributed by atoms with Crippen molar-refractivity contribution in [2.75, 3.05) is 0 Å². The van der Waals surface area contributed by atoms with Gasteiger partial charge in [-0.25, -0.2) is 9.97 Å². The standard InChI is InChI=1S/C49H34N4/c1-49(2)40-20-9-6-17-36(40)37-25-23-32(30-41(37)49)46-38-18-7-10-21-42(38)50-48(51-46)33-13-12-16-35(29-33)53-43-22-11-8-19-39(43)45-44(53)26-24-31-27-28-52(47(31)45)34-14-4-3-5-15-34/h3-30H,1-2H3. The Morgan fingerprint density at radius 1 is 0.509 bits per heavy atom. The molecule has 0 amide bonds. The number of para-hydroxylation sites is 3. The molecule has 0 spiro atoms. The lowest BCUT2D eigenvalue weighted by Gasteiger charge is -2.22. The van der Waals surface area contributed by atoms with Crippen molar-refractivity contribution in [1.29, 1.82) is 0 Å². The third-order valence-electron chi connectivity index (χ3n) is 11.3. The number of fused-ring (bicyclic) bond motifs is 9. The van der Waals surface area contributed by atoms with Crippen molar-refractivity contribution in [2.45, 2.75) is 19.3 Å². The van der Waals surface area contributed by atoms with Gasteiger partial charge in [-0.3, -0.25) is 0 Å². The van der Waals surface area contributed by atoms with Crippen molar-refractivity contribution in [3.63, 3.8) is 0 Å². The van der Waals surface area contributed by atoms with Gasteiger partial charge in [-0.05, 0) is 76.9 Å². The second-order valence-electron chi connectivity index (χ2n) is 14.7. The molecular formula is C49H34N4. The maximum Gasteiger partial charge on any atom is 0.160 e. The van der Waals surface area contributed by atoms with Crippen LogP contribution in [-0.2, 0) is 5.41 Å². The number of hydrogen-bond acceptors (Lipinski definition) is 2. The lowest BCUT2D eigenvalue weighted by atomic mass is 9.82. The minimum atomic E-state index is -0.0987. The van der Waals surface area contributed by atoms with Crippen molar-refractivity contribution in [1.82, 2.24) is 19.1 Å². The zero-order chi connectivity index (χ0) is 35.3. The maximum atomic E-state index is 5.37. The van der Waals surface area contributed by atoms with Gasteiger partial charge in [-0.15, -0.1) is 0 Å². The topological polar surface area (TPSA) is 35.6 Å². The molecule has 1 aliphatic rings. The lowest BCUT2D eigenvalue weighted by Crippen LogP contribution is -2.15. The highest BCUT2D eigenvalue weighted by molar-refractivity contribution is 6.20. The predicted molar refractivity (Wildman–Crippen MR) is 219 cm³/mol. The van der Waals surface area contributed by atoms with Crippen LogP contribution in [0.15, 0.2) is 170 Å². The first-order chi connectivity index (χ1) is 26.0. The van der Waals surface area contributed by atoms with Gasteiger partial charge in [0, 0.05) is 55.7 Å². The average molecular weight is 679 g/mol. The van der Waals surface area contributed by atoms with Crippen LogP contribution in [0.2, 0.25) is 0 Å². The van der Waals surface area contributed by atoms with Crippen LogP contribution in [0.5, 0.6) is 0 Å². The number of aromatic nitrogens is 4. The molecule has 0 aliphatic heterocycles. The van der Waals surface area contributed by atoms with Crippen molar-refractivity contribution < 1.29 is 0 Å². The van der Waals surface area contributed by atoms with E-state index in [1.807, 2.05) is 0 Å². The van der Waals surface area contributed by atoms with E-state index >= 15 is 0 Å². The van der Waals surface area contributed by atoms with E-state index in [-0.39, 0.29) is 5.41 Å². The van der Waals surface area contributed by atoms with E-state index < -0.39 is 0 Å². The zero-order valence-corrected chi connectivity index (χ0v) is 29.5. The smallest absolute Gasteiger partial charge is 0.160 e. The molecule has 0 saturated carbocycles. The molecule has 0 fully saturated rings. The van der Waals surface area contributed by atoms with E-state index in [4.69, 9.17) is 9.97 Å². The van der Waals surface area contributed by atoms with Crippen LogP contribution in [0.4, 0.5) is 0 Å². The Morgan fingerprint density at radius 3 is 2.17 bits per heavy atom. The molecule has 3 heterocycles. The maximum absolute atomic E-state index is 5.37. The first-order valence-electron chi connectivity index (χ1n) is 18.3. The van der Waals surface area contributed by atoms with Gasteiger partial charge in [0.05, 0.1) is 27.8 Å². The summed E-state index contributed by atoms with van der Waals surface area (Å²) in [5, 5.41) is 4.73. The predicted octanol–water partition coefficient (Wildman–Crippen LogP) is 12.3. The van der Waals surface area contributed by atoms with Gasteiger partial charge >= 0.3 is 0 Å². The van der Waals surface area contributed by atoms with Gasteiger partial charge in [0.1, 0.15) is 0 Å². The van der Waals surface area contributed by atoms with Crippen molar-refractivity contribution >= 4 is 43.6 Å². The summed E-state index contributed by atoms with van der Waals surface area (Å²) in [4.78, 5) is 10.5. The van der Waals surface area contributed by atoms with Crippen LogP contribution in [0, 0.1) is 0 Å². The normalized spacial score (nSPS) is 13.2. The molecule has 4 heteroatoms. The molecule has 3 aromatic heterocycles. The summed E-state index contributed by atoms with van der Waals surface area (Å²) < 4.78 is 4.70. The molecule has 11 rings (SSSR count). The van der Waals surface area contributed by atoms with Crippen LogP contribution in [-0.4, -0.2) is 19.1 Å². The molecule has 250 valence electrons. The number of rotatable bonds is 4. The van der Waals surface area contributed by atoms with Gasteiger partial charge in [-0.1, -0.05) is 123 Å². The lowest BCUT2D eigenvalue weighted by molar-refractivity contribution is 0.660. The summed E-state index contributed by atoms with van der Waals surface area (Å²) in [6, 6.07) is 58.8. The number of nitrogens with zero attached hydrogens (tertiary/aromatic N) is 4. The molecule has 4 nitrogen and oxygen atoms in total. The summed E-state index contributed by atoms with van der Waals surface area (Å²) in [5.41, 5.74) is 15.0. The van der Waals surface area contributed by atoms with Gasteiger partial charge in [-0.2, -0.15) is 0 Å². The fourth-order valence-corrected chi connectivity index (χ4v) is 8.83. The fourth-order valence-electron chi connectivity index (χ4n) is 8.83. The van der Waals surface area contributed by atoms with E-state index in [2.05, 4.69) is 193 Å². The third-order valence-corrected chi connectivity index (χ3v) is 11.3. The largest absolute Gasteiger partial charge is 0.316 e. The third kappa shape index (κ3) is 4.36. The van der Waals surface area contributed by atoms with Crippen molar-refractivity contribution in [3.8, 4) is 45.1 Å². The number of benzene rings is 7. The highest BCUT2D eigenvalue weighted by Gasteiger charge is 2.35.